The first kappa shape index (κ1) is 23.3. The molecule has 1 amide bonds. The van der Waals surface area contributed by atoms with Crippen molar-refractivity contribution in [3.63, 3.8) is 0 Å². The maximum atomic E-state index is 14.0. The van der Waals surface area contributed by atoms with Crippen molar-refractivity contribution in [1.29, 1.82) is 0 Å². The number of benzene rings is 2. The minimum atomic E-state index is -1.80. The molecule has 0 heterocycles. The van der Waals surface area contributed by atoms with Crippen LogP contribution < -0.4 is 5.43 Å². The molecule has 0 saturated carbocycles. The maximum absolute atomic E-state index is 14.0. The predicted octanol–water partition coefficient (Wildman–Crippen LogP) is 1.99. The number of rotatable bonds is 8. The Morgan fingerprint density at radius 1 is 1.20 bits per heavy atom. The van der Waals surface area contributed by atoms with Crippen molar-refractivity contribution in [2.24, 2.45) is 0 Å². The number of aliphatic hydroxyl groups excluding tert-OH is 1. The fourth-order valence-electron chi connectivity index (χ4n) is 2.55. The van der Waals surface area contributed by atoms with Gasteiger partial charge in [0.05, 0.1) is 13.2 Å². The minimum absolute atomic E-state index is 0.00840. The first-order chi connectivity index (χ1) is 14.2. The van der Waals surface area contributed by atoms with Crippen LogP contribution in [-0.2, 0) is 25.7 Å². The van der Waals surface area contributed by atoms with Crippen LogP contribution in [0.15, 0.2) is 42.5 Å². The third-order valence-electron chi connectivity index (χ3n) is 3.97. The highest BCUT2D eigenvalue weighted by molar-refractivity contribution is 6.32. The molecule has 0 spiro atoms. The van der Waals surface area contributed by atoms with Gasteiger partial charge in [0.1, 0.15) is 5.82 Å². The Morgan fingerprint density at radius 2 is 1.87 bits per heavy atom. The number of carbonyl (C=O) groups excluding carboxylic acids is 2. The van der Waals surface area contributed by atoms with E-state index in [0.717, 1.165) is 5.01 Å². The van der Waals surface area contributed by atoms with E-state index < -0.39 is 36.3 Å². The number of ether oxygens (including phenoxy) is 1. The standard InChI is InChI=1S/C20H20ClFN2O6/c1-2-30-20(29)18(26)23-24(11-17(25)19(27)28)10-12-3-5-13(6-4-12)15-9-14(21)7-8-16(15)22/h3-9,17,25H,2,10-11H2,1H3,(H,23,26)(H,27,28). The lowest BCUT2D eigenvalue weighted by atomic mass is 10.0. The molecule has 160 valence electrons. The van der Waals surface area contributed by atoms with Crippen molar-refractivity contribution in [2.45, 2.75) is 19.6 Å². The van der Waals surface area contributed by atoms with Gasteiger partial charge in [-0.25, -0.2) is 19.0 Å². The Morgan fingerprint density at radius 3 is 2.47 bits per heavy atom. The smallest absolute Gasteiger partial charge is 0.398 e. The molecule has 0 fully saturated rings. The van der Waals surface area contributed by atoms with Gasteiger partial charge in [-0.05, 0) is 36.2 Å². The van der Waals surface area contributed by atoms with E-state index in [9.17, 15) is 23.9 Å². The summed E-state index contributed by atoms with van der Waals surface area (Å²) in [5, 5.41) is 20.0. The summed E-state index contributed by atoms with van der Waals surface area (Å²) in [6, 6.07) is 10.7. The SMILES string of the molecule is CCOC(=O)C(=O)NN(Cc1ccc(-c2cc(Cl)ccc2F)cc1)CC(O)C(=O)O. The van der Waals surface area contributed by atoms with Crippen molar-refractivity contribution in [3.8, 4) is 11.1 Å². The van der Waals surface area contributed by atoms with Gasteiger partial charge in [0.15, 0.2) is 6.10 Å². The summed E-state index contributed by atoms with van der Waals surface area (Å²) in [5.74, 6) is -4.18. The number of esters is 1. The van der Waals surface area contributed by atoms with E-state index in [1.165, 1.54) is 25.1 Å². The second kappa shape index (κ2) is 10.7. The van der Waals surface area contributed by atoms with Gasteiger partial charge in [-0.3, -0.25) is 10.2 Å². The fraction of sp³-hybridized carbons (Fsp3) is 0.250. The second-order valence-electron chi connectivity index (χ2n) is 6.22. The molecule has 3 N–H and O–H groups in total. The molecule has 0 aliphatic rings. The van der Waals surface area contributed by atoms with E-state index in [0.29, 0.717) is 21.7 Å². The number of aliphatic carboxylic acids is 1. The van der Waals surface area contributed by atoms with Crippen LogP contribution >= 0.6 is 11.6 Å². The topological polar surface area (TPSA) is 116 Å². The number of nitrogens with zero attached hydrogens (tertiary/aromatic N) is 1. The summed E-state index contributed by atoms with van der Waals surface area (Å²) in [4.78, 5) is 34.4. The number of carboxylic acids is 1. The minimum Gasteiger partial charge on any atom is -0.479 e. The molecule has 1 unspecified atom stereocenters. The van der Waals surface area contributed by atoms with E-state index in [1.807, 2.05) is 0 Å². The number of carbonyl (C=O) groups is 3. The zero-order valence-electron chi connectivity index (χ0n) is 16.0. The molecular formula is C20H20ClFN2O6. The van der Waals surface area contributed by atoms with Crippen molar-refractivity contribution in [2.75, 3.05) is 13.2 Å². The van der Waals surface area contributed by atoms with E-state index in [4.69, 9.17) is 16.7 Å². The van der Waals surface area contributed by atoms with Crippen LogP contribution in [-0.4, -0.2) is 52.3 Å². The van der Waals surface area contributed by atoms with Crippen LogP contribution in [0.4, 0.5) is 4.39 Å². The highest BCUT2D eigenvalue weighted by Gasteiger charge is 2.23. The van der Waals surface area contributed by atoms with E-state index in [2.05, 4.69) is 10.2 Å². The molecule has 2 aromatic rings. The van der Waals surface area contributed by atoms with Crippen LogP contribution in [0.1, 0.15) is 12.5 Å². The molecule has 0 aromatic heterocycles. The number of halogens is 2. The Hall–Kier alpha value is -3.01. The van der Waals surface area contributed by atoms with Crippen molar-refractivity contribution in [1.82, 2.24) is 10.4 Å². The van der Waals surface area contributed by atoms with Gasteiger partial charge < -0.3 is 14.9 Å². The Labute approximate surface area is 176 Å². The number of hydrogen-bond acceptors (Lipinski definition) is 6. The third-order valence-corrected chi connectivity index (χ3v) is 4.20. The molecule has 0 saturated heterocycles. The molecular weight excluding hydrogens is 419 g/mol. The monoisotopic (exact) mass is 438 g/mol. The molecule has 1 atom stereocenters. The van der Waals surface area contributed by atoms with E-state index in [1.54, 1.807) is 24.3 Å². The fourth-order valence-corrected chi connectivity index (χ4v) is 2.72. The largest absolute Gasteiger partial charge is 0.479 e. The molecule has 8 nitrogen and oxygen atoms in total. The lowest BCUT2D eigenvalue weighted by Crippen LogP contribution is -2.49. The van der Waals surface area contributed by atoms with Crippen molar-refractivity contribution in [3.05, 3.63) is 58.9 Å². The first-order valence-corrected chi connectivity index (χ1v) is 9.27. The number of hydrazine groups is 1. The van der Waals surface area contributed by atoms with Gasteiger partial charge in [-0.1, -0.05) is 35.9 Å². The lowest BCUT2D eigenvalue weighted by Gasteiger charge is -2.24. The Bertz CT molecular complexity index is 922. The number of aliphatic hydroxyl groups is 1. The van der Waals surface area contributed by atoms with Gasteiger partial charge in [0, 0.05) is 17.1 Å². The zero-order valence-corrected chi connectivity index (χ0v) is 16.7. The summed E-state index contributed by atoms with van der Waals surface area (Å²) >= 11 is 5.91. The molecule has 0 bridgehead atoms. The van der Waals surface area contributed by atoms with E-state index in [-0.39, 0.29) is 13.2 Å². The van der Waals surface area contributed by atoms with Gasteiger partial charge in [0.2, 0.25) is 0 Å². The summed E-state index contributed by atoms with van der Waals surface area (Å²) < 4.78 is 18.6. The normalized spacial score (nSPS) is 11.8. The Kier molecular flexibility index (Phi) is 8.28. The molecule has 0 aliphatic carbocycles. The quantitative estimate of drug-likeness (QED) is 0.328. The second-order valence-corrected chi connectivity index (χ2v) is 6.65. The highest BCUT2D eigenvalue weighted by atomic mass is 35.5. The third kappa shape index (κ3) is 6.51. The maximum Gasteiger partial charge on any atom is 0.398 e. The van der Waals surface area contributed by atoms with Gasteiger partial charge in [-0.15, -0.1) is 0 Å². The Balaban J connectivity index is 2.17. The summed E-state index contributed by atoms with van der Waals surface area (Å²) in [7, 11) is 0. The summed E-state index contributed by atoms with van der Waals surface area (Å²) in [6.45, 7) is 1.01. The van der Waals surface area contributed by atoms with Crippen LogP contribution in [0.25, 0.3) is 11.1 Å². The number of nitrogens with one attached hydrogen (secondary N) is 1. The van der Waals surface area contributed by atoms with Crippen molar-refractivity contribution >= 4 is 29.4 Å². The number of hydrogen-bond donors (Lipinski definition) is 3. The lowest BCUT2D eigenvalue weighted by molar-refractivity contribution is -0.158. The van der Waals surface area contributed by atoms with Crippen LogP contribution in [0.2, 0.25) is 5.02 Å². The van der Waals surface area contributed by atoms with Crippen LogP contribution in [0.5, 0.6) is 0 Å². The average molecular weight is 439 g/mol. The van der Waals surface area contributed by atoms with Crippen LogP contribution in [0.3, 0.4) is 0 Å². The average Bonchev–Trinajstić information content (AvgIpc) is 2.70. The van der Waals surface area contributed by atoms with Crippen LogP contribution in [0, 0.1) is 5.82 Å². The van der Waals surface area contributed by atoms with Gasteiger partial charge >= 0.3 is 17.8 Å². The number of carboxylic acid groups (broad SMARTS) is 1. The van der Waals surface area contributed by atoms with Gasteiger partial charge in [0.25, 0.3) is 0 Å². The van der Waals surface area contributed by atoms with Gasteiger partial charge in [-0.2, -0.15) is 0 Å². The zero-order chi connectivity index (χ0) is 22.3. The van der Waals surface area contributed by atoms with E-state index >= 15 is 0 Å². The first-order valence-electron chi connectivity index (χ1n) is 8.89. The summed E-state index contributed by atoms with van der Waals surface area (Å²) in [6.07, 6.45) is -1.80. The number of amides is 1. The molecule has 10 heteroatoms. The highest BCUT2D eigenvalue weighted by Crippen LogP contribution is 2.26. The predicted molar refractivity (Wildman–Crippen MR) is 106 cm³/mol. The molecule has 0 aliphatic heterocycles. The molecule has 0 radical (unpaired) electrons. The molecule has 2 aromatic carbocycles. The molecule has 30 heavy (non-hydrogen) atoms. The molecule has 2 rings (SSSR count). The summed E-state index contributed by atoms with van der Waals surface area (Å²) in [5.41, 5.74) is 3.69. The van der Waals surface area contributed by atoms with Crippen molar-refractivity contribution < 1.29 is 33.7 Å².